The van der Waals surface area contributed by atoms with Crippen LogP contribution < -0.4 is 10.9 Å². The van der Waals surface area contributed by atoms with Crippen LogP contribution >= 0.6 is 0 Å². The fourth-order valence-corrected chi connectivity index (χ4v) is 0.367. The van der Waals surface area contributed by atoms with Gasteiger partial charge in [0.05, 0.1) is 6.42 Å². The molecular formula is C4H5N2O. The lowest BCUT2D eigenvalue weighted by Crippen LogP contribution is -2.28. The van der Waals surface area contributed by atoms with Gasteiger partial charge in [-0.1, -0.05) is 6.08 Å². The minimum absolute atomic E-state index is 0.109. The van der Waals surface area contributed by atoms with Crippen LogP contribution in [0.2, 0.25) is 0 Å². The lowest BCUT2D eigenvalue weighted by Gasteiger charge is -2.00. The molecule has 37 valence electrons. The van der Waals surface area contributed by atoms with Crippen LogP contribution in [0.15, 0.2) is 12.3 Å². The van der Waals surface area contributed by atoms with Crippen LogP contribution in [-0.2, 0) is 4.79 Å². The summed E-state index contributed by atoms with van der Waals surface area (Å²) in [6.07, 6.45) is 3.81. The summed E-state index contributed by atoms with van der Waals surface area (Å²) in [5, 5.41) is 0. The molecule has 0 atom stereocenters. The second-order valence-corrected chi connectivity index (χ2v) is 1.24. The highest BCUT2D eigenvalue weighted by atomic mass is 16.2. The molecule has 0 aromatic carbocycles. The van der Waals surface area contributed by atoms with E-state index in [9.17, 15) is 4.79 Å². The van der Waals surface area contributed by atoms with Gasteiger partial charge in [-0.25, -0.2) is 0 Å². The van der Waals surface area contributed by atoms with E-state index in [1.54, 1.807) is 12.3 Å². The Bertz CT molecular complexity index is 108. The first kappa shape index (κ1) is 4.18. The van der Waals surface area contributed by atoms with Crippen molar-refractivity contribution in [2.24, 2.45) is 0 Å². The maximum Gasteiger partial charge on any atom is 0.266 e. The summed E-state index contributed by atoms with van der Waals surface area (Å²) in [4.78, 5) is 10.2. The molecular weight excluding hydrogens is 92.1 g/mol. The van der Waals surface area contributed by atoms with Gasteiger partial charge in [-0.15, -0.1) is 5.43 Å². The number of carbonyl (C=O) groups excluding carboxylic acids is 1. The first-order valence-corrected chi connectivity index (χ1v) is 2.04. The fourth-order valence-electron chi connectivity index (χ4n) is 0.367. The predicted octanol–water partition coefficient (Wildman–Crippen LogP) is -0.461. The van der Waals surface area contributed by atoms with Crippen molar-refractivity contribution in [3.05, 3.63) is 12.3 Å². The van der Waals surface area contributed by atoms with Gasteiger partial charge in [0.1, 0.15) is 0 Å². The van der Waals surface area contributed by atoms with Gasteiger partial charge in [-0.3, -0.25) is 10.2 Å². The quantitative estimate of drug-likeness (QED) is 0.444. The lowest BCUT2D eigenvalue weighted by molar-refractivity contribution is -0.121. The average molecular weight is 97.1 g/mol. The van der Waals surface area contributed by atoms with E-state index in [0.717, 1.165) is 0 Å². The minimum atomic E-state index is -0.109. The van der Waals surface area contributed by atoms with Crippen molar-refractivity contribution in [3.63, 3.8) is 0 Å². The van der Waals surface area contributed by atoms with Crippen LogP contribution in [0.5, 0.6) is 0 Å². The molecule has 0 aliphatic carbocycles. The molecule has 1 N–H and O–H groups in total. The monoisotopic (exact) mass is 97.0 g/mol. The molecule has 1 radical (unpaired) electrons. The minimum Gasteiger partial charge on any atom is -0.283 e. The van der Waals surface area contributed by atoms with Gasteiger partial charge in [0.25, 0.3) is 5.91 Å². The Morgan fingerprint density at radius 1 is 1.86 bits per heavy atom. The van der Waals surface area contributed by atoms with E-state index in [1.807, 2.05) is 0 Å². The number of carbonyl (C=O) groups is 1. The van der Waals surface area contributed by atoms with E-state index in [2.05, 4.69) is 10.9 Å². The van der Waals surface area contributed by atoms with Gasteiger partial charge in [-0.2, -0.15) is 0 Å². The Balaban J connectivity index is 2.47. The van der Waals surface area contributed by atoms with E-state index in [4.69, 9.17) is 0 Å². The molecule has 0 saturated carbocycles. The SMILES string of the molecule is O=C1CC=CN[N]1. The Hall–Kier alpha value is -0.990. The molecule has 1 amide bonds. The molecule has 1 aliphatic heterocycles. The molecule has 0 saturated heterocycles. The Morgan fingerprint density at radius 2 is 2.71 bits per heavy atom. The molecule has 1 rings (SSSR count). The van der Waals surface area contributed by atoms with Crippen LogP contribution in [-0.4, -0.2) is 5.91 Å². The summed E-state index contributed by atoms with van der Waals surface area (Å²) < 4.78 is 0. The number of amides is 1. The molecule has 0 unspecified atom stereocenters. The molecule has 0 bridgehead atoms. The van der Waals surface area contributed by atoms with Crippen molar-refractivity contribution < 1.29 is 4.79 Å². The Morgan fingerprint density at radius 3 is 3.00 bits per heavy atom. The first-order valence-electron chi connectivity index (χ1n) is 2.04. The highest BCUT2D eigenvalue weighted by Crippen LogP contribution is 1.85. The van der Waals surface area contributed by atoms with Crippen LogP contribution in [0, 0.1) is 0 Å². The average Bonchev–Trinajstić information content (AvgIpc) is 1.69. The van der Waals surface area contributed by atoms with Crippen LogP contribution in [0.3, 0.4) is 0 Å². The number of nitrogens with one attached hydrogen (secondary N) is 1. The summed E-state index contributed by atoms with van der Waals surface area (Å²) in [5.74, 6) is -0.109. The molecule has 1 heterocycles. The molecule has 0 fully saturated rings. The van der Waals surface area contributed by atoms with Crippen LogP contribution in [0.1, 0.15) is 6.42 Å². The Kier molecular flexibility index (Phi) is 0.978. The van der Waals surface area contributed by atoms with E-state index in [-0.39, 0.29) is 5.91 Å². The smallest absolute Gasteiger partial charge is 0.266 e. The van der Waals surface area contributed by atoms with Gasteiger partial charge in [0, 0.05) is 6.20 Å². The van der Waals surface area contributed by atoms with Crippen molar-refractivity contribution in [2.75, 3.05) is 0 Å². The zero-order chi connectivity index (χ0) is 5.11. The molecule has 7 heavy (non-hydrogen) atoms. The van der Waals surface area contributed by atoms with Crippen molar-refractivity contribution >= 4 is 5.91 Å². The second kappa shape index (κ2) is 1.64. The number of rotatable bonds is 0. The molecule has 0 aromatic heterocycles. The van der Waals surface area contributed by atoms with E-state index >= 15 is 0 Å². The number of nitrogens with zero attached hydrogens (tertiary/aromatic N) is 1. The number of hydrogen-bond donors (Lipinski definition) is 1. The molecule has 3 nitrogen and oxygen atoms in total. The van der Waals surface area contributed by atoms with Crippen molar-refractivity contribution in [1.29, 1.82) is 0 Å². The second-order valence-electron chi connectivity index (χ2n) is 1.24. The third-order valence-electron chi connectivity index (χ3n) is 0.674. The van der Waals surface area contributed by atoms with Crippen molar-refractivity contribution in [2.45, 2.75) is 6.42 Å². The van der Waals surface area contributed by atoms with E-state index in [1.165, 1.54) is 0 Å². The zero-order valence-electron chi connectivity index (χ0n) is 3.72. The maximum absolute atomic E-state index is 10.2. The Labute approximate surface area is 41.4 Å². The molecule has 0 spiro atoms. The molecule has 1 aliphatic rings. The summed E-state index contributed by atoms with van der Waals surface area (Å²) >= 11 is 0. The van der Waals surface area contributed by atoms with Gasteiger partial charge in [-0.05, 0) is 0 Å². The zero-order valence-corrected chi connectivity index (χ0v) is 3.72. The maximum atomic E-state index is 10.2. The summed E-state index contributed by atoms with van der Waals surface area (Å²) in [5.41, 5.74) is 5.78. The van der Waals surface area contributed by atoms with E-state index in [0.29, 0.717) is 6.42 Å². The van der Waals surface area contributed by atoms with Gasteiger partial charge < -0.3 is 0 Å². The van der Waals surface area contributed by atoms with Crippen LogP contribution in [0.4, 0.5) is 0 Å². The standard InChI is InChI=1S/C4H5N2O/c7-4-2-1-3-5-6-4/h1,3,5H,2H2. The van der Waals surface area contributed by atoms with Gasteiger partial charge >= 0.3 is 0 Å². The topological polar surface area (TPSA) is 43.2 Å². The van der Waals surface area contributed by atoms with Crippen molar-refractivity contribution in [1.82, 2.24) is 10.9 Å². The largest absolute Gasteiger partial charge is 0.283 e. The third kappa shape index (κ3) is 0.924. The first-order chi connectivity index (χ1) is 3.39. The van der Waals surface area contributed by atoms with Crippen molar-refractivity contribution in [3.8, 4) is 0 Å². The fraction of sp³-hybridized carbons (Fsp3) is 0.250. The van der Waals surface area contributed by atoms with Crippen LogP contribution in [0.25, 0.3) is 0 Å². The van der Waals surface area contributed by atoms with Gasteiger partial charge in [0.15, 0.2) is 0 Å². The predicted molar refractivity (Wildman–Crippen MR) is 24.0 cm³/mol. The molecule has 3 heteroatoms. The highest BCUT2D eigenvalue weighted by Gasteiger charge is 2.00. The summed E-state index contributed by atoms with van der Waals surface area (Å²) in [6.45, 7) is 0. The highest BCUT2D eigenvalue weighted by molar-refractivity contribution is 5.77. The molecule has 0 aromatic rings. The number of hydrogen-bond acceptors (Lipinski definition) is 2. The lowest BCUT2D eigenvalue weighted by atomic mass is 10.4. The summed E-state index contributed by atoms with van der Waals surface area (Å²) in [6, 6.07) is 0. The van der Waals surface area contributed by atoms with E-state index < -0.39 is 0 Å². The van der Waals surface area contributed by atoms with Gasteiger partial charge in [0.2, 0.25) is 0 Å². The normalized spacial score (nSPS) is 18.0. The summed E-state index contributed by atoms with van der Waals surface area (Å²) in [7, 11) is 0. The third-order valence-corrected chi connectivity index (χ3v) is 0.674.